The van der Waals surface area contributed by atoms with E-state index >= 15 is 0 Å². The van der Waals surface area contributed by atoms with Crippen LogP contribution in [0.5, 0.6) is 0 Å². The average Bonchev–Trinajstić information content (AvgIpc) is 2.27. The van der Waals surface area contributed by atoms with Gasteiger partial charge in [-0.3, -0.25) is 4.79 Å². The van der Waals surface area contributed by atoms with Crippen LogP contribution in [0.25, 0.3) is 0 Å². The Morgan fingerprint density at radius 2 is 1.88 bits per heavy atom. The van der Waals surface area contributed by atoms with E-state index in [1.54, 1.807) is 0 Å². The molecule has 3 nitrogen and oxygen atoms in total. The van der Waals surface area contributed by atoms with Gasteiger partial charge in [-0.15, -0.1) is 0 Å². The van der Waals surface area contributed by atoms with Crippen molar-refractivity contribution in [2.75, 3.05) is 13.7 Å². The number of esters is 1. The Bertz CT molecular complexity index is 354. The van der Waals surface area contributed by atoms with Crippen LogP contribution in [0.1, 0.15) is 29.5 Å². The molecule has 0 amide bonds. The summed E-state index contributed by atoms with van der Waals surface area (Å²) in [6, 6.07) is 6.53. The first-order valence-corrected chi connectivity index (χ1v) is 5.96. The van der Waals surface area contributed by atoms with Gasteiger partial charge in [0.05, 0.1) is 7.11 Å². The summed E-state index contributed by atoms with van der Waals surface area (Å²) in [5.41, 5.74) is 3.87. The molecule has 94 valence electrons. The zero-order valence-electron chi connectivity index (χ0n) is 10.9. The predicted octanol–water partition coefficient (Wildman–Crippen LogP) is 2.35. The third-order valence-corrected chi connectivity index (χ3v) is 2.57. The van der Waals surface area contributed by atoms with E-state index in [9.17, 15) is 4.79 Å². The van der Waals surface area contributed by atoms with Crippen molar-refractivity contribution in [3.05, 3.63) is 34.9 Å². The van der Waals surface area contributed by atoms with Gasteiger partial charge in [0, 0.05) is 13.0 Å². The van der Waals surface area contributed by atoms with Gasteiger partial charge in [-0.25, -0.2) is 0 Å². The van der Waals surface area contributed by atoms with E-state index < -0.39 is 0 Å². The molecule has 0 aliphatic carbocycles. The van der Waals surface area contributed by atoms with E-state index in [0.29, 0.717) is 6.42 Å². The molecule has 3 heteroatoms. The highest BCUT2D eigenvalue weighted by molar-refractivity contribution is 5.69. The number of hydrogen-bond donors (Lipinski definition) is 1. The molecule has 0 bridgehead atoms. The van der Waals surface area contributed by atoms with Gasteiger partial charge in [0.15, 0.2) is 0 Å². The molecular weight excluding hydrogens is 214 g/mol. The maximum atomic E-state index is 10.9. The Morgan fingerprint density at radius 3 is 2.47 bits per heavy atom. The molecule has 1 N–H and O–H groups in total. The molecule has 0 aliphatic rings. The summed E-state index contributed by atoms with van der Waals surface area (Å²) in [7, 11) is 1.42. The molecule has 0 heterocycles. The molecule has 1 aromatic carbocycles. The first kappa shape index (κ1) is 13.7. The fourth-order valence-electron chi connectivity index (χ4n) is 1.86. The van der Waals surface area contributed by atoms with E-state index in [0.717, 1.165) is 19.5 Å². The van der Waals surface area contributed by atoms with Crippen LogP contribution in [-0.4, -0.2) is 19.6 Å². The fraction of sp³-hybridized carbons (Fsp3) is 0.500. The lowest BCUT2D eigenvalue weighted by atomic mass is 10.1. The van der Waals surface area contributed by atoms with Crippen molar-refractivity contribution in [3.8, 4) is 0 Å². The second-order valence-electron chi connectivity index (χ2n) is 4.35. The standard InChI is InChI=1S/C14H21NO2/c1-11-7-12(2)9-13(8-11)10-15-6-4-5-14(16)17-3/h7-9,15H,4-6,10H2,1-3H3. The SMILES string of the molecule is COC(=O)CCCNCc1cc(C)cc(C)c1. The minimum Gasteiger partial charge on any atom is -0.469 e. The zero-order chi connectivity index (χ0) is 12.7. The lowest BCUT2D eigenvalue weighted by Gasteiger charge is -2.06. The van der Waals surface area contributed by atoms with Gasteiger partial charge in [0.2, 0.25) is 0 Å². The van der Waals surface area contributed by atoms with Gasteiger partial charge in [-0.2, -0.15) is 0 Å². The maximum Gasteiger partial charge on any atom is 0.305 e. The van der Waals surface area contributed by atoms with Crippen LogP contribution in [-0.2, 0) is 16.1 Å². The van der Waals surface area contributed by atoms with Crippen LogP contribution in [0.4, 0.5) is 0 Å². The summed E-state index contributed by atoms with van der Waals surface area (Å²) < 4.78 is 4.58. The topological polar surface area (TPSA) is 38.3 Å². The minimum absolute atomic E-state index is 0.141. The molecule has 0 saturated heterocycles. The Balaban J connectivity index is 2.24. The highest BCUT2D eigenvalue weighted by Gasteiger charge is 1.99. The first-order chi connectivity index (χ1) is 8.11. The lowest BCUT2D eigenvalue weighted by molar-refractivity contribution is -0.140. The van der Waals surface area contributed by atoms with E-state index in [2.05, 4.69) is 42.1 Å². The Hall–Kier alpha value is -1.35. The second kappa shape index (κ2) is 7.07. The number of methoxy groups -OCH3 is 1. The third-order valence-electron chi connectivity index (χ3n) is 2.57. The summed E-state index contributed by atoms with van der Waals surface area (Å²) in [4.78, 5) is 10.9. The van der Waals surface area contributed by atoms with E-state index in [4.69, 9.17) is 0 Å². The van der Waals surface area contributed by atoms with E-state index in [1.807, 2.05) is 0 Å². The molecule has 0 fully saturated rings. The molecule has 1 rings (SSSR count). The predicted molar refractivity (Wildman–Crippen MR) is 68.9 cm³/mol. The lowest BCUT2D eigenvalue weighted by Crippen LogP contribution is -2.16. The molecule has 0 unspecified atom stereocenters. The Morgan fingerprint density at radius 1 is 1.24 bits per heavy atom. The third kappa shape index (κ3) is 5.50. The number of rotatable bonds is 6. The average molecular weight is 235 g/mol. The normalized spacial score (nSPS) is 10.3. The van der Waals surface area contributed by atoms with Crippen LogP contribution >= 0.6 is 0 Å². The molecule has 17 heavy (non-hydrogen) atoms. The van der Waals surface area contributed by atoms with Crippen molar-refractivity contribution in [2.24, 2.45) is 0 Å². The number of carbonyl (C=O) groups is 1. The minimum atomic E-state index is -0.141. The smallest absolute Gasteiger partial charge is 0.305 e. The molecule has 0 spiro atoms. The number of hydrogen-bond acceptors (Lipinski definition) is 3. The van der Waals surface area contributed by atoms with Crippen LogP contribution in [0.3, 0.4) is 0 Å². The fourth-order valence-corrected chi connectivity index (χ4v) is 1.86. The van der Waals surface area contributed by atoms with Crippen molar-refractivity contribution in [1.29, 1.82) is 0 Å². The van der Waals surface area contributed by atoms with E-state index in [-0.39, 0.29) is 5.97 Å². The summed E-state index contributed by atoms with van der Waals surface area (Å²) in [6.07, 6.45) is 1.30. The Kier molecular flexibility index (Phi) is 5.70. The molecule has 0 aromatic heterocycles. The van der Waals surface area contributed by atoms with Crippen LogP contribution in [0, 0.1) is 13.8 Å². The number of nitrogens with one attached hydrogen (secondary N) is 1. The quantitative estimate of drug-likeness (QED) is 0.607. The molecule has 1 aromatic rings. The summed E-state index contributed by atoms with van der Waals surface area (Å²) in [6.45, 7) is 5.90. The van der Waals surface area contributed by atoms with Crippen molar-refractivity contribution >= 4 is 5.97 Å². The monoisotopic (exact) mass is 235 g/mol. The number of carbonyl (C=O) groups excluding carboxylic acids is 1. The van der Waals surface area contributed by atoms with Gasteiger partial charge in [0.25, 0.3) is 0 Å². The highest BCUT2D eigenvalue weighted by Crippen LogP contribution is 2.08. The summed E-state index contributed by atoms with van der Waals surface area (Å²) >= 11 is 0. The van der Waals surface area contributed by atoms with Gasteiger partial charge in [-0.1, -0.05) is 29.3 Å². The molecule has 0 atom stereocenters. The number of benzene rings is 1. The summed E-state index contributed by atoms with van der Waals surface area (Å²) in [5, 5.41) is 3.33. The zero-order valence-corrected chi connectivity index (χ0v) is 10.9. The Labute approximate surface area is 103 Å². The van der Waals surface area contributed by atoms with Gasteiger partial charge < -0.3 is 10.1 Å². The van der Waals surface area contributed by atoms with Crippen LogP contribution in [0.15, 0.2) is 18.2 Å². The van der Waals surface area contributed by atoms with Crippen LogP contribution < -0.4 is 5.32 Å². The largest absolute Gasteiger partial charge is 0.469 e. The molecular formula is C14H21NO2. The van der Waals surface area contributed by atoms with Gasteiger partial charge in [0.1, 0.15) is 0 Å². The summed E-state index contributed by atoms with van der Waals surface area (Å²) in [5.74, 6) is -0.141. The van der Waals surface area contributed by atoms with Crippen molar-refractivity contribution < 1.29 is 9.53 Å². The maximum absolute atomic E-state index is 10.9. The van der Waals surface area contributed by atoms with Crippen LogP contribution in [0.2, 0.25) is 0 Å². The van der Waals surface area contributed by atoms with Crippen molar-refractivity contribution in [2.45, 2.75) is 33.2 Å². The molecule has 0 radical (unpaired) electrons. The van der Waals surface area contributed by atoms with Gasteiger partial charge in [-0.05, 0) is 32.4 Å². The van der Waals surface area contributed by atoms with Crippen molar-refractivity contribution in [1.82, 2.24) is 5.32 Å². The molecule has 0 saturated carbocycles. The number of aryl methyl sites for hydroxylation is 2. The number of ether oxygens (including phenoxy) is 1. The highest BCUT2D eigenvalue weighted by atomic mass is 16.5. The first-order valence-electron chi connectivity index (χ1n) is 5.96. The van der Waals surface area contributed by atoms with Crippen molar-refractivity contribution in [3.63, 3.8) is 0 Å². The van der Waals surface area contributed by atoms with Gasteiger partial charge >= 0.3 is 5.97 Å². The van der Waals surface area contributed by atoms with E-state index in [1.165, 1.54) is 23.8 Å². The molecule has 0 aliphatic heterocycles. The second-order valence-corrected chi connectivity index (χ2v) is 4.35.